The lowest BCUT2D eigenvalue weighted by Gasteiger charge is -2.20. The van der Waals surface area contributed by atoms with Gasteiger partial charge in [-0.15, -0.1) is 0 Å². The van der Waals surface area contributed by atoms with E-state index in [-0.39, 0.29) is 29.0 Å². The Morgan fingerprint density at radius 3 is 2.40 bits per heavy atom. The van der Waals surface area contributed by atoms with Crippen LogP contribution in [-0.4, -0.2) is 35.1 Å². The number of hydrogen-bond acceptors (Lipinski definition) is 4. The summed E-state index contributed by atoms with van der Waals surface area (Å²) in [5.74, 6) is -1.69. The number of rotatable bonds is 7. The van der Waals surface area contributed by atoms with E-state index < -0.39 is 35.0 Å². The number of nitrogens with zero attached hydrogens (tertiary/aromatic N) is 4. The quantitative estimate of drug-likeness (QED) is 0.236. The zero-order chi connectivity index (χ0) is 31.9. The number of halogens is 5. The summed E-state index contributed by atoms with van der Waals surface area (Å²) in [6, 6.07) is 13.0. The second-order valence-electron chi connectivity index (χ2n) is 9.91. The molecule has 2 aliphatic rings. The Morgan fingerprint density at radius 1 is 1.14 bits per heavy atom. The molecule has 0 spiro atoms. The van der Waals surface area contributed by atoms with Crippen LogP contribution in [-0.2, 0) is 9.59 Å². The minimum absolute atomic E-state index is 0.0593. The average molecular weight is 611 g/mol. The number of hydrogen-bond donors (Lipinski definition) is 0. The van der Waals surface area contributed by atoms with Crippen molar-refractivity contribution in [3.05, 3.63) is 99.0 Å². The number of amides is 2. The van der Waals surface area contributed by atoms with Gasteiger partial charge in [0.25, 0.3) is 11.8 Å². The molecule has 1 fully saturated rings. The van der Waals surface area contributed by atoms with Gasteiger partial charge in [0.1, 0.15) is 11.9 Å². The van der Waals surface area contributed by atoms with E-state index in [2.05, 4.69) is 11.1 Å². The predicted octanol–water partition coefficient (Wildman–Crippen LogP) is 7.80. The van der Waals surface area contributed by atoms with Crippen molar-refractivity contribution < 1.29 is 27.2 Å². The van der Waals surface area contributed by atoms with Gasteiger partial charge in [0.15, 0.2) is 0 Å². The van der Waals surface area contributed by atoms with E-state index in [0.717, 1.165) is 24.8 Å². The molecule has 0 radical (unpaired) electrons. The minimum atomic E-state index is -4.65. The van der Waals surface area contributed by atoms with Crippen molar-refractivity contribution in [3.63, 3.8) is 0 Å². The van der Waals surface area contributed by atoms with Gasteiger partial charge in [-0.25, -0.2) is 9.38 Å². The van der Waals surface area contributed by atoms with Crippen LogP contribution in [0.15, 0.2) is 70.9 Å². The summed E-state index contributed by atoms with van der Waals surface area (Å²) in [6.45, 7) is 3.45. The fraction of sp³-hybridized carbons (Fsp3) is 0.281. The Hall–Kier alpha value is -4.54. The fourth-order valence-electron chi connectivity index (χ4n) is 4.03. The smallest absolute Gasteiger partial charge is 0.310 e. The van der Waals surface area contributed by atoms with Gasteiger partial charge in [-0.1, -0.05) is 30.7 Å². The molecule has 1 aliphatic carbocycles. The van der Waals surface area contributed by atoms with Crippen LogP contribution in [0.2, 0.25) is 5.02 Å². The molecule has 1 saturated carbocycles. The molecule has 2 aromatic rings. The summed E-state index contributed by atoms with van der Waals surface area (Å²) >= 11 is 5.85. The zero-order valence-corrected chi connectivity index (χ0v) is 24.4. The molecule has 2 amide bonds. The summed E-state index contributed by atoms with van der Waals surface area (Å²) in [5, 5.41) is 18.2. The third-order valence-electron chi connectivity index (χ3n) is 6.71. The van der Waals surface area contributed by atoms with Crippen molar-refractivity contribution in [2.24, 2.45) is 4.99 Å². The molecule has 1 heterocycles. The summed E-state index contributed by atoms with van der Waals surface area (Å²) in [4.78, 5) is 29.8. The fourth-order valence-corrected chi connectivity index (χ4v) is 4.27. The highest BCUT2D eigenvalue weighted by atomic mass is 35.5. The van der Waals surface area contributed by atoms with Gasteiger partial charge in [0.2, 0.25) is 0 Å². The number of allylic oxidation sites excluding steroid dienone is 2. The van der Waals surface area contributed by atoms with Gasteiger partial charge in [-0.2, -0.15) is 23.7 Å². The maximum absolute atomic E-state index is 13.9. The van der Waals surface area contributed by atoms with E-state index in [0.29, 0.717) is 22.9 Å². The highest BCUT2D eigenvalue weighted by Crippen LogP contribution is 2.41. The number of aliphatic imine (C=N–C) groups is 1. The van der Waals surface area contributed by atoms with E-state index in [1.807, 2.05) is 12.1 Å². The predicted molar refractivity (Wildman–Crippen MR) is 155 cm³/mol. The third-order valence-corrected chi connectivity index (χ3v) is 6.93. The molecule has 43 heavy (non-hydrogen) atoms. The van der Waals surface area contributed by atoms with E-state index in [4.69, 9.17) is 22.1 Å². The van der Waals surface area contributed by atoms with Crippen LogP contribution in [0.4, 0.5) is 17.6 Å². The van der Waals surface area contributed by atoms with Crippen molar-refractivity contribution in [3.8, 4) is 12.1 Å². The van der Waals surface area contributed by atoms with E-state index >= 15 is 0 Å². The number of nitriles is 2. The van der Waals surface area contributed by atoms with Crippen LogP contribution in [0.25, 0.3) is 5.57 Å². The molecule has 6 nitrogen and oxygen atoms in total. The summed E-state index contributed by atoms with van der Waals surface area (Å²) < 4.78 is 52.8. The first-order valence-corrected chi connectivity index (χ1v) is 13.6. The van der Waals surface area contributed by atoms with Crippen LogP contribution in [0.1, 0.15) is 68.2 Å². The molecule has 0 atom stereocenters. The molecule has 11 heteroatoms. The Balaban J connectivity index is 0.000000347. The Bertz CT molecular complexity index is 1640. The van der Waals surface area contributed by atoms with Crippen molar-refractivity contribution in [1.29, 1.82) is 10.5 Å². The molecule has 0 aromatic heterocycles. The molecule has 0 N–H and O–H groups in total. The molecule has 4 rings (SSSR count). The van der Waals surface area contributed by atoms with Crippen LogP contribution in [0, 0.1) is 28.5 Å². The minimum Gasteiger partial charge on any atom is -0.310 e. The van der Waals surface area contributed by atoms with E-state index in [1.54, 1.807) is 25.1 Å². The Kier molecular flexibility index (Phi) is 10.8. The van der Waals surface area contributed by atoms with Gasteiger partial charge < -0.3 is 4.90 Å². The lowest BCUT2D eigenvalue weighted by atomic mass is 10.0. The Labute approximate surface area is 251 Å². The van der Waals surface area contributed by atoms with Crippen molar-refractivity contribution in [2.75, 3.05) is 6.54 Å². The molecular formula is C32H27ClF4N4O2. The van der Waals surface area contributed by atoms with Crippen molar-refractivity contribution >= 4 is 34.7 Å². The van der Waals surface area contributed by atoms with Crippen molar-refractivity contribution in [2.45, 2.75) is 52.1 Å². The van der Waals surface area contributed by atoms with E-state index in [1.165, 1.54) is 42.8 Å². The standard InChI is InChI=1S/C22H19F4N3O2.C10H8ClN/c1-4-5-8-29(21(31)13(2)14(3)22(24,25)26)12-17-10-18(20(30)28-17)15-6-7-16(11-27)19(23)9-15;11-10-4-7(6-12)3-9(5-10)8-1-2-8/h5-10H,4,12H2,1-3H3;3-5,8H,1-2H2/b8-5+,14-13+;. The second kappa shape index (κ2) is 14.1. The first kappa shape index (κ1) is 33.0. The molecule has 0 bridgehead atoms. The first-order valence-electron chi connectivity index (χ1n) is 13.3. The highest BCUT2D eigenvalue weighted by Gasteiger charge is 2.34. The summed E-state index contributed by atoms with van der Waals surface area (Å²) in [6.07, 6.45) is 2.65. The number of carbonyl (C=O) groups excluding carboxylic acids is 2. The molecule has 0 unspecified atom stereocenters. The highest BCUT2D eigenvalue weighted by molar-refractivity contribution is 6.33. The van der Waals surface area contributed by atoms with Gasteiger partial charge in [0.05, 0.1) is 35.0 Å². The third kappa shape index (κ3) is 8.73. The van der Waals surface area contributed by atoms with Gasteiger partial charge in [-0.05, 0) is 86.6 Å². The lowest BCUT2D eigenvalue weighted by Crippen LogP contribution is -2.32. The first-order chi connectivity index (χ1) is 20.3. The van der Waals surface area contributed by atoms with Crippen molar-refractivity contribution in [1.82, 2.24) is 4.90 Å². The lowest BCUT2D eigenvalue weighted by molar-refractivity contribution is -0.125. The van der Waals surface area contributed by atoms with Gasteiger partial charge in [0, 0.05) is 22.4 Å². The molecule has 1 aliphatic heterocycles. The van der Waals surface area contributed by atoms with Crippen LogP contribution in [0.5, 0.6) is 0 Å². The monoisotopic (exact) mass is 610 g/mol. The summed E-state index contributed by atoms with van der Waals surface area (Å²) in [5.41, 5.74) is 0.618. The van der Waals surface area contributed by atoms with Crippen LogP contribution in [0.3, 0.4) is 0 Å². The zero-order valence-electron chi connectivity index (χ0n) is 23.6. The maximum atomic E-state index is 13.9. The average Bonchev–Trinajstić information content (AvgIpc) is 3.76. The molecule has 222 valence electrons. The topological polar surface area (TPSA) is 97.3 Å². The van der Waals surface area contributed by atoms with E-state index in [9.17, 15) is 27.2 Å². The maximum Gasteiger partial charge on any atom is 0.412 e. The van der Waals surface area contributed by atoms with Crippen LogP contribution >= 0.6 is 11.6 Å². The van der Waals surface area contributed by atoms with Gasteiger partial charge >= 0.3 is 6.18 Å². The molecular weight excluding hydrogens is 584 g/mol. The number of alkyl halides is 3. The number of carbonyl (C=O) groups is 2. The SMILES string of the molecule is CC/C=C/N(CC1=NC(=O)C(c2ccc(C#N)c(F)c2)=C1)C(=O)/C(C)=C(\C)C(F)(F)F.N#Cc1cc(Cl)cc(C2CC2)c1. The van der Waals surface area contributed by atoms with Gasteiger partial charge in [-0.3, -0.25) is 9.59 Å². The molecule has 2 aromatic carbocycles. The largest absolute Gasteiger partial charge is 0.412 e. The molecule has 0 saturated heterocycles. The number of benzene rings is 2. The van der Waals surface area contributed by atoms with Crippen LogP contribution < -0.4 is 0 Å². The second-order valence-corrected chi connectivity index (χ2v) is 10.3. The normalized spacial score (nSPS) is 15.1. The Morgan fingerprint density at radius 2 is 1.84 bits per heavy atom. The summed E-state index contributed by atoms with van der Waals surface area (Å²) in [7, 11) is 0.